The van der Waals surface area contributed by atoms with Gasteiger partial charge in [0, 0.05) is 31.2 Å². The molecule has 1 amide bonds. The molecule has 1 aliphatic rings. The van der Waals surface area contributed by atoms with Crippen molar-refractivity contribution in [3.63, 3.8) is 0 Å². The van der Waals surface area contributed by atoms with Crippen molar-refractivity contribution in [3.8, 4) is 0 Å². The lowest BCUT2D eigenvalue weighted by Crippen LogP contribution is -2.38. The number of thiocarbonyl (C=S) groups is 1. The van der Waals surface area contributed by atoms with Crippen LogP contribution in [0.3, 0.4) is 0 Å². The van der Waals surface area contributed by atoms with Gasteiger partial charge in [-0.3, -0.25) is 4.79 Å². The summed E-state index contributed by atoms with van der Waals surface area (Å²) in [6, 6.07) is 8.40. The molecule has 1 saturated heterocycles. The highest BCUT2D eigenvalue weighted by atomic mass is 32.1. The fourth-order valence-corrected chi connectivity index (χ4v) is 2.52. The average Bonchev–Trinajstić information content (AvgIpc) is 2.82. The molecule has 0 unspecified atom stereocenters. The van der Waals surface area contributed by atoms with Crippen LogP contribution >= 0.6 is 12.2 Å². The molecule has 5 heteroatoms. The van der Waals surface area contributed by atoms with Gasteiger partial charge in [-0.05, 0) is 50.2 Å². The Labute approximate surface area is 125 Å². The van der Waals surface area contributed by atoms with Crippen LogP contribution in [0.5, 0.6) is 0 Å². The first-order valence-corrected chi connectivity index (χ1v) is 7.41. The zero-order chi connectivity index (χ0) is 14.5. The third kappa shape index (κ3) is 3.93. The van der Waals surface area contributed by atoms with Crippen molar-refractivity contribution in [1.82, 2.24) is 10.6 Å². The highest BCUT2D eigenvalue weighted by Crippen LogP contribution is 2.21. The van der Waals surface area contributed by atoms with Crippen LogP contribution in [-0.4, -0.2) is 23.6 Å². The molecular weight excluding hydrogens is 270 g/mol. The van der Waals surface area contributed by atoms with Gasteiger partial charge in [0.2, 0.25) is 5.91 Å². The van der Waals surface area contributed by atoms with Crippen molar-refractivity contribution in [1.29, 1.82) is 0 Å². The summed E-state index contributed by atoms with van der Waals surface area (Å²) in [5, 5.41) is 6.98. The minimum absolute atomic E-state index is 0.221. The molecule has 1 heterocycles. The number of rotatable bonds is 4. The third-order valence-corrected chi connectivity index (χ3v) is 3.46. The van der Waals surface area contributed by atoms with E-state index in [9.17, 15) is 4.79 Å². The lowest BCUT2D eigenvalue weighted by molar-refractivity contribution is -0.117. The second-order valence-corrected chi connectivity index (χ2v) is 5.71. The van der Waals surface area contributed by atoms with Gasteiger partial charge in [0.15, 0.2) is 5.11 Å². The molecule has 4 nitrogen and oxygen atoms in total. The number of nitrogens with one attached hydrogen (secondary N) is 2. The van der Waals surface area contributed by atoms with E-state index in [2.05, 4.69) is 24.5 Å². The maximum Gasteiger partial charge on any atom is 0.227 e. The molecule has 1 aliphatic heterocycles. The molecule has 0 atom stereocenters. The summed E-state index contributed by atoms with van der Waals surface area (Å²) in [6.45, 7) is 5.62. The monoisotopic (exact) mass is 291 g/mol. The molecule has 2 rings (SSSR count). The summed E-state index contributed by atoms with van der Waals surface area (Å²) >= 11 is 5.18. The van der Waals surface area contributed by atoms with Gasteiger partial charge in [-0.25, -0.2) is 0 Å². The summed E-state index contributed by atoms with van der Waals surface area (Å²) in [5.41, 5.74) is 2.13. The van der Waals surface area contributed by atoms with Crippen LogP contribution in [-0.2, 0) is 11.3 Å². The Bertz CT molecular complexity index is 484. The lowest BCUT2D eigenvalue weighted by Gasteiger charge is -2.16. The molecule has 0 saturated carbocycles. The predicted molar refractivity (Wildman–Crippen MR) is 85.7 cm³/mol. The second kappa shape index (κ2) is 6.70. The third-order valence-electron chi connectivity index (χ3n) is 3.19. The smallest absolute Gasteiger partial charge is 0.227 e. The van der Waals surface area contributed by atoms with Gasteiger partial charge in [0.1, 0.15) is 0 Å². The molecule has 0 spiro atoms. The Morgan fingerprint density at radius 1 is 1.35 bits per heavy atom. The van der Waals surface area contributed by atoms with Crippen LogP contribution in [0, 0.1) is 0 Å². The van der Waals surface area contributed by atoms with E-state index in [0.29, 0.717) is 24.1 Å². The number of benzene rings is 1. The maximum atomic E-state index is 11.7. The predicted octanol–water partition coefficient (Wildman–Crippen LogP) is 2.19. The standard InChI is InChI=1S/C15H21N3OS/c1-11(2)17-15(20)16-10-12-5-7-13(8-6-12)18-9-3-4-14(18)19/h5-8,11H,3-4,9-10H2,1-2H3,(H2,16,17,20). The zero-order valence-corrected chi connectivity index (χ0v) is 12.8. The summed E-state index contributed by atoms with van der Waals surface area (Å²) < 4.78 is 0. The first-order chi connectivity index (χ1) is 9.56. The Morgan fingerprint density at radius 3 is 2.60 bits per heavy atom. The van der Waals surface area contributed by atoms with Crippen LogP contribution < -0.4 is 15.5 Å². The molecular formula is C15H21N3OS. The maximum absolute atomic E-state index is 11.7. The summed E-state index contributed by atoms with van der Waals surface area (Å²) in [6.07, 6.45) is 1.62. The summed E-state index contributed by atoms with van der Waals surface area (Å²) in [5.74, 6) is 0.221. The van der Waals surface area contributed by atoms with Gasteiger partial charge >= 0.3 is 0 Å². The number of amides is 1. The van der Waals surface area contributed by atoms with E-state index in [1.54, 1.807) is 0 Å². The number of hydrogen-bond donors (Lipinski definition) is 2. The van der Waals surface area contributed by atoms with Crippen molar-refractivity contribution in [3.05, 3.63) is 29.8 Å². The number of hydrogen-bond acceptors (Lipinski definition) is 2. The van der Waals surface area contributed by atoms with Crippen LogP contribution in [0.25, 0.3) is 0 Å². The van der Waals surface area contributed by atoms with E-state index in [1.807, 2.05) is 29.2 Å². The zero-order valence-electron chi connectivity index (χ0n) is 12.0. The largest absolute Gasteiger partial charge is 0.361 e. The van der Waals surface area contributed by atoms with Crippen LogP contribution in [0.1, 0.15) is 32.3 Å². The van der Waals surface area contributed by atoms with Crippen molar-refractivity contribution < 1.29 is 4.79 Å². The minimum atomic E-state index is 0.221. The van der Waals surface area contributed by atoms with Crippen molar-refractivity contribution in [2.45, 2.75) is 39.3 Å². The van der Waals surface area contributed by atoms with Gasteiger partial charge in [-0.15, -0.1) is 0 Å². The number of anilines is 1. The average molecular weight is 291 g/mol. The van der Waals surface area contributed by atoms with Crippen molar-refractivity contribution in [2.75, 3.05) is 11.4 Å². The van der Waals surface area contributed by atoms with Crippen molar-refractivity contribution >= 4 is 28.9 Å². The van der Waals surface area contributed by atoms with E-state index in [4.69, 9.17) is 12.2 Å². The van der Waals surface area contributed by atoms with Gasteiger partial charge in [-0.1, -0.05) is 12.1 Å². The summed E-state index contributed by atoms with van der Waals surface area (Å²) in [7, 11) is 0. The second-order valence-electron chi connectivity index (χ2n) is 5.30. The molecule has 1 aromatic carbocycles. The number of nitrogens with zero attached hydrogens (tertiary/aromatic N) is 1. The van der Waals surface area contributed by atoms with Crippen LogP contribution in [0.2, 0.25) is 0 Å². The SMILES string of the molecule is CC(C)NC(=S)NCc1ccc(N2CCCC2=O)cc1. The molecule has 2 N–H and O–H groups in total. The molecule has 1 fully saturated rings. The molecule has 1 aromatic rings. The number of carbonyl (C=O) groups is 1. The Hall–Kier alpha value is -1.62. The molecule has 20 heavy (non-hydrogen) atoms. The van der Waals surface area contributed by atoms with Gasteiger partial charge < -0.3 is 15.5 Å². The first kappa shape index (κ1) is 14.8. The molecule has 0 aromatic heterocycles. The van der Waals surface area contributed by atoms with E-state index in [-0.39, 0.29) is 5.91 Å². The molecule has 0 radical (unpaired) electrons. The van der Waals surface area contributed by atoms with E-state index in [1.165, 1.54) is 0 Å². The summed E-state index contributed by atoms with van der Waals surface area (Å²) in [4.78, 5) is 13.5. The Balaban J connectivity index is 1.88. The van der Waals surface area contributed by atoms with Gasteiger partial charge in [-0.2, -0.15) is 0 Å². The highest BCUT2D eigenvalue weighted by Gasteiger charge is 2.21. The quantitative estimate of drug-likeness (QED) is 0.835. The van der Waals surface area contributed by atoms with Gasteiger partial charge in [0.05, 0.1) is 0 Å². The Kier molecular flexibility index (Phi) is 4.95. The van der Waals surface area contributed by atoms with Crippen LogP contribution in [0.15, 0.2) is 24.3 Å². The highest BCUT2D eigenvalue weighted by molar-refractivity contribution is 7.80. The minimum Gasteiger partial charge on any atom is -0.361 e. The van der Waals surface area contributed by atoms with Crippen molar-refractivity contribution in [2.24, 2.45) is 0 Å². The lowest BCUT2D eigenvalue weighted by atomic mass is 10.2. The molecule has 0 aliphatic carbocycles. The fraction of sp³-hybridized carbons (Fsp3) is 0.467. The normalized spacial score (nSPS) is 14.8. The van der Waals surface area contributed by atoms with E-state index in [0.717, 1.165) is 24.2 Å². The molecule has 108 valence electrons. The van der Waals surface area contributed by atoms with Gasteiger partial charge in [0.25, 0.3) is 0 Å². The van der Waals surface area contributed by atoms with E-state index < -0.39 is 0 Å². The first-order valence-electron chi connectivity index (χ1n) is 7.00. The molecule has 0 bridgehead atoms. The number of carbonyl (C=O) groups excluding carboxylic acids is 1. The fourth-order valence-electron chi connectivity index (χ4n) is 2.21. The Morgan fingerprint density at radius 2 is 2.05 bits per heavy atom. The topological polar surface area (TPSA) is 44.4 Å². The van der Waals surface area contributed by atoms with Crippen LogP contribution in [0.4, 0.5) is 5.69 Å². The van der Waals surface area contributed by atoms with E-state index >= 15 is 0 Å².